The molecular formula is C14H20BrF2NO2S. The number of halogens is 3. The van der Waals surface area contributed by atoms with E-state index < -0.39 is 27.5 Å². The third-order valence-electron chi connectivity index (χ3n) is 3.04. The molecule has 7 heteroatoms. The summed E-state index contributed by atoms with van der Waals surface area (Å²) in [5.41, 5.74) is -0.0276. The second-order valence-electron chi connectivity index (χ2n) is 5.06. The van der Waals surface area contributed by atoms with Gasteiger partial charge in [0.1, 0.15) is 21.5 Å². The molecule has 3 nitrogen and oxygen atoms in total. The van der Waals surface area contributed by atoms with Gasteiger partial charge in [-0.15, -0.1) is 0 Å². The quantitative estimate of drug-likeness (QED) is 0.745. The summed E-state index contributed by atoms with van der Waals surface area (Å²) < 4.78 is 50.7. The molecule has 1 rings (SSSR count). The van der Waals surface area contributed by atoms with E-state index in [2.05, 4.69) is 21.2 Å². The van der Waals surface area contributed by atoms with Crippen molar-refractivity contribution in [3.05, 3.63) is 33.8 Å². The van der Waals surface area contributed by atoms with Crippen molar-refractivity contribution in [2.24, 2.45) is 0 Å². The molecule has 0 saturated heterocycles. The highest BCUT2D eigenvalue weighted by Crippen LogP contribution is 2.27. The molecule has 0 aliphatic carbocycles. The topological polar surface area (TPSA) is 46.2 Å². The molecule has 0 saturated carbocycles. The van der Waals surface area contributed by atoms with Crippen LogP contribution in [-0.2, 0) is 9.84 Å². The van der Waals surface area contributed by atoms with Gasteiger partial charge in [-0.25, -0.2) is 17.2 Å². The van der Waals surface area contributed by atoms with Crippen LogP contribution in [0.5, 0.6) is 0 Å². The number of sulfone groups is 1. The number of benzene rings is 1. The third kappa shape index (κ3) is 6.40. The van der Waals surface area contributed by atoms with Gasteiger partial charge in [0.25, 0.3) is 0 Å². The van der Waals surface area contributed by atoms with Crippen LogP contribution in [0, 0.1) is 11.6 Å². The molecule has 1 aromatic rings. The molecule has 0 amide bonds. The van der Waals surface area contributed by atoms with Gasteiger partial charge in [-0.05, 0) is 37.9 Å². The first-order chi connectivity index (χ1) is 9.74. The maximum absolute atomic E-state index is 14.0. The molecule has 1 N–H and O–H groups in total. The highest BCUT2D eigenvalue weighted by molar-refractivity contribution is 9.10. The van der Waals surface area contributed by atoms with Crippen molar-refractivity contribution >= 4 is 25.8 Å². The van der Waals surface area contributed by atoms with Gasteiger partial charge in [-0.2, -0.15) is 0 Å². The van der Waals surface area contributed by atoms with Gasteiger partial charge < -0.3 is 5.32 Å². The van der Waals surface area contributed by atoms with Gasteiger partial charge in [0, 0.05) is 28.1 Å². The third-order valence-corrected chi connectivity index (χ3v) is 4.53. The number of hydrogen-bond acceptors (Lipinski definition) is 3. The molecule has 0 aromatic heterocycles. The van der Waals surface area contributed by atoms with Crippen LogP contribution < -0.4 is 5.32 Å². The average Bonchev–Trinajstić information content (AvgIpc) is 2.32. The van der Waals surface area contributed by atoms with E-state index in [1.807, 2.05) is 6.92 Å². The molecule has 1 unspecified atom stereocenters. The predicted molar refractivity (Wildman–Crippen MR) is 84.0 cm³/mol. The molecule has 0 spiro atoms. The zero-order valence-electron chi connectivity index (χ0n) is 12.1. The van der Waals surface area contributed by atoms with E-state index >= 15 is 0 Å². The summed E-state index contributed by atoms with van der Waals surface area (Å²) in [6.45, 7) is 2.56. The van der Waals surface area contributed by atoms with Crippen LogP contribution in [0.4, 0.5) is 8.78 Å². The molecule has 0 aliphatic heterocycles. The van der Waals surface area contributed by atoms with Crippen molar-refractivity contribution in [3.63, 3.8) is 0 Å². The van der Waals surface area contributed by atoms with Gasteiger partial charge in [-0.1, -0.05) is 22.9 Å². The zero-order chi connectivity index (χ0) is 16.0. The first-order valence-electron chi connectivity index (χ1n) is 6.80. The minimum atomic E-state index is -3.07. The van der Waals surface area contributed by atoms with Crippen molar-refractivity contribution in [2.45, 2.75) is 32.2 Å². The Labute approximate surface area is 133 Å². The second kappa shape index (κ2) is 8.19. The lowest BCUT2D eigenvalue weighted by Gasteiger charge is -2.20. The Hall–Kier alpha value is -0.530. The van der Waals surface area contributed by atoms with E-state index in [4.69, 9.17) is 0 Å². The second-order valence-corrected chi connectivity index (χ2v) is 8.24. The van der Waals surface area contributed by atoms with Crippen molar-refractivity contribution in [1.29, 1.82) is 0 Å². The molecule has 0 bridgehead atoms. The average molecular weight is 384 g/mol. The maximum atomic E-state index is 14.0. The lowest BCUT2D eigenvalue weighted by Crippen LogP contribution is -2.25. The molecule has 0 radical (unpaired) electrons. The van der Waals surface area contributed by atoms with Gasteiger partial charge >= 0.3 is 0 Å². The first kappa shape index (κ1) is 18.5. The van der Waals surface area contributed by atoms with Gasteiger partial charge in [-0.3, -0.25) is 0 Å². The van der Waals surface area contributed by atoms with Crippen LogP contribution in [0.25, 0.3) is 0 Å². The molecule has 0 aliphatic rings. The molecule has 21 heavy (non-hydrogen) atoms. The fourth-order valence-corrected chi connectivity index (χ4v) is 3.20. The Morgan fingerprint density at radius 1 is 1.29 bits per heavy atom. The van der Waals surface area contributed by atoms with Gasteiger partial charge in [0.15, 0.2) is 0 Å². The van der Waals surface area contributed by atoms with Crippen LogP contribution >= 0.6 is 15.9 Å². The first-order valence-corrected chi connectivity index (χ1v) is 9.65. The lowest BCUT2D eigenvalue weighted by molar-refractivity contribution is 0.442. The maximum Gasteiger partial charge on any atom is 0.147 e. The van der Waals surface area contributed by atoms with Gasteiger partial charge in [0.05, 0.1) is 0 Å². The summed E-state index contributed by atoms with van der Waals surface area (Å²) in [7, 11) is -3.07. The van der Waals surface area contributed by atoms with E-state index in [1.165, 1.54) is 12.1 Å². The normalized spacial score (nSPS) is 13.4. The summed E-state index contributed by atoms with van der Waals surface area (Å²) in [6.07, 6.45) is 2.70. The Morgan fingerprint density at radius 3 is 2.33 bits per heavy atom. The Balaban J connectivity index is 2.91. The fraction of sp³-hybridized carbons (Fsp3) is 0.571. The number of nitrogens with one attached hydrogen (secondary N) is 1. The largest absolute Gasteiger partial charge is 0.310 e. The number of hydrogen-bond donors (Lipinski definition) is 1. The summed E-state index contributed by atoms with van der Waals surface area (Å²) in [5, 5.41) is 3.08. The van der Waals surface area contributed by atoms with Crippen molar-refractivity contribution in [1.82, 2.24) is 5.32 Å². The highest BCUT2D eigenvalue weighted by Gasteiger charge is 2.20. The van der Waals surface area contributed by atoms with E-state index in [0.29, 0.717) is 23.9 Å². The fourth-order valence-electron chi connectivity index (χ4n) is 2.10. The van der Waals surface area contributed by atoms with Crippen molar-refractivity contribution < 1.29 is 17.2 Å². The van der Waals surface area contributed by atoms with Crippen LogP contribution in [-0.4, -0.2) is 27.0 Å². The minimum Gasteiger partial charge on any atom is -0.310 e. The van der Waals surface area contributed by atoms with Crippen molar-refractivity contribution in [3.8, 4) is 0 Å². The van der Waals surface area contributed by atoms with Gasteiger partial charge in [0.2, 0.25) is 0 Å². The summed E-state index contributed by atoms with van der Waals surface area (Å²) in [5.74, 6) is -1.25. The Kier molecular flexibility index (Phi) is 7.23. The van der Waals surface area contributed by atoms with E-state index in [0.717, 1.165) is 12.7 Å². The highest BCUT2D eigenvalue weighted by atomic mass is 79.9. The summed E-state index contributed by atoms with van der Waals surface area (Å²) >= 11 is 3.05. The molecule has 1 atom stereocenters. The lowest BCUT2D eigenvalue weighted by atomic mass is 10.0. The molecule has 120 valence electrons. The van der Waals surface area contributed by atoms with Crippen LogP contribution in [0.3, 0.4) is 0 Å². The molecule has 0 fully saturated rings. The standard InChI is InChI=1S/C14H20BrF2NO2S/c1-3-6-18-13(5-4-7-21(2,19)20)14-11(16)8-10(15)9-12(14)17/h8-9,13,18H,3-7H2,1-2H3. The summed E-state index contributed by atoms with van der Waals surface area (Å²) in [4.78, 5) is 0. The SMILES string of the molecule is CCCNC(CCCS(C)(=O)=O)c1c(F)cc(Br)cc1F. The molecule has 1 aromatic carbocycles. The number of rotatable bonds is 8. The summed E-state index contributed by atoms with van der Waals surface area (Å²) in [6, 6.07) is 1.91. The smallest absolute Gasteiger partial charge is 0.147 e. The minimum absolute atomic E-state index is 0.0110. The van der Waals surface area contributed by atoms with E-state index in [9.17, 15) is 17.2 Å². The monoisotopic (exact) mass is 383 g/mol. The Morgan fingerprint density at radius 2 is 1.86 bits per heavy atom. The van der Waals surface area contributed by atoms with Crippen LogP contribution in [0.1, 0.15) is 37.8 Å². The van der Waals surface area contributed by atoms with Crippen molar-refractivity contribution in [2.75, 3.05) is 18.6 Å². The molecular weight excluding hydrogens is 364 g/mol. The van der Waals surface area contributed by atoms with Crippen LogP contribution in [0.15, 0.2) is 16.6 Å². The molecule has 0 heterocycles. The predicted octanol–water partition coefficient (Wildman–Crippen LogP) is 3.59. The zero-order valence-corrected chi connectivity index (χ0v) is 14.5. The Bertz CT molecular complexity index is 555. The van der Waals surface area contributed by atoms with E-state index in [1.54, 1.807) is 0 Å². The van der Waals surface area contributed by atoms with Crippen LogP contribution in [0.2, 0.25) is 0 Å². The van der Waals surface area contributed by atoms with E-state index in [-0.39, 0.29) is 11.3 Å².